The second kappa shape index (κ2) is 10.4. The van der Waals surface area contributed by atoms with Gasteiger partial charge in [0, 0.05) is 37.2 Å². The summed E-state index contributed by atoms with van der Waals surface area (Å²) in [5.41, 5.74) is 7.01. The Kier molecular flexibility index (Phi) is 9.23. The first-order chi connectivity index (χ1) is 11.4. The molecule has 6 nitrogen and oxygen atoms in total. The van der Waals surface area contributed by atoms with Crippen LogP contribution in [0.15, 0.2) is 30.3 Å². The third-order valence-electron chi connectivity index (χ3n) is 4.16. The highest BCUT2D eigenvalue weighted by molar-refractivity contribution is 7.99. The Morgan fingerprint density at radius 1 is 1.28 bits per heavy atom. The van der Waals surface area contributed by atoms with Crippen LogP contribution in [0.1, 0.15) is 18.5 Å². The standard InChI is InChI=1S/C16H25N3O3S2.ClH/c1-13(15(17)14-5-3-2-4-6-14)16(20)18-7-12-24(21,22)19-8-10-23-11-9-19;/h2-6,13,15H,7-12,17H2,1H3,(H,18,20);1H. The van der Waals surface area contributed by atoms with Crippen molar-refractivity contribution in [1.82, 2.24) is 9.62 Å². The van der Waals surface area contributed by atoms with Crippen LogP contribution in [0.5, 0.6) is 0 Å². The van der Waals surface area contributed by atoms with Gasteiger partial charge in [-0.3, -0.25) is 4.79 Å². The van der Waals surface area contributed by atoms with Crippen molar-refractivity contribution in [3.8, 4) is 0 Å². The number of carbonyl (C=O) groups is 1. The molecule has 1 amide bonds. The molecule has 0 aromatic heterocycles. The SMILES string of the molecule is CC(C(=O)NCCS(=O)(=O)N1CCSCC1)C(N)c1ccccc1.Cl. The molecule has 1 heterocycles. The monoisotopic (exact) mass is 407 g/mol. The number of thioether (sulfide) groups is 1. The van der Waals surface area contributed by atoms with Crippen LogP contribution in [0, 0.1) is 5.92 Å². The maximum atomic E-state index is 12.2. The topological polar surface area (TPSA) is 92.5 Å². The Hall–Kier alpha value is -0.800. The molecule has 0 aliphatic carbocycles. The van der Waals surface area contributed by atoms with Crippen LogP contribution in [0.4, 0.5) is 0 Å². The van der Waals surface area contributed by atoms with Crippen LogP contribution in [0.3, 0.4) is 0 Å². The molecule has 142 valence electrons. The van der Waals surface area contributed by atoms with Crippen LogP contribution in [-0.4, -0.2) is 55.5 Å². The minimum atomic E-state index is -3.30. The van der Waals surface area contributed by atoms with Crippen molar-refractivity contribution < 1.29 is 13.2 Å². The molecular weight excluding hydrogens is 382 g/mol. The number of nitrogens with two attached hydrogens (primary N) is 1. The lowest BCUT2D eigenvalue weighted by Gasteiger charge is -2.26. The van der Waals surface area contributed by atoms with Crippen molar-refractivity contribution in [2.24, 2.45) is 11.7 Å². The van der Waals surface area contributed by atoms with Gasteiger partial charge in [0.2, 0.25) is 15.9 Å². The molecule has 1 fully saturated rings. The summed E-state index contributed by atoms with van der Waals surface area (Å²) >= 11 is 1.76. The number of rotatable bonds is 7. The number of hydrogen-bond donors (Lipinski definition) is 2. The van der Waals surface area contributed by atoms with E-state index >= 15 is 0 Å². The summed E-state index contributed by atoms with van der Waals surface area (Å²) in [6, 6.07) is 9.00. The van der Waals surface area contributed by atoms with Crippen molar-refractivity contribution in [2.45, 2.75) is 13.0 Å². The maximum absolute atomic E-state index is 12.2. The Balaban J connectivity index is 0.00000312. The number of hydrogen-bond acceptors (Lipinski definition) is 5. The number of nitrogens with zero attached hydrogens (tertiary/aromatic N) is 1. The molecule has 2 rings (SSSR count). The Labute approximate surface area is 160 Å². The van der Waals surface area contributed by atoms with Gasteiger partial charge in [0.05, 0.1) is 11.7 Å². The lowest BCUT2D eigenvalue weighted by molar-refractivity contribution is -0.125. The number of amides is 1. The zero-order chi connectivity index (χ0) is 17.6. The second-order valence-corrected chi connectivity index (χ2v) is 9.16. The van der Waals surface area contributed by atoms with Gasteiger partial charge in [0.15, 0.2) is 0 Å². The third kappa shape index (κ3) is 6.45. The van der Waals surface area contributed by atoms with Crippen molar-refractivity contribution in [2.75, 3.05) is 36.9 Å². The van der Waals surface area contributed by atoms with Gasteiger partial charge in [0.25, 0.3) is 0 Å². The van der Waals surface area contributed by atoms with Crippen molar-refractivity contribution in [1.29, 1.82) is 0 Å². The van der Waals surface area contributed by atoms with Crippen LogP contribution in [0.25, 0.3) is 0 Å². The Morgan fingerprint density at radius 2 is 1.88 bits per heavy atom. The summed E-state index contributed by atoms with van der Waals surface area (Å²) in [7, 11) is -3.30. The lowest BCUT2D eigenvalue weighted by atomic mass is 9.95. The summed E-state index contributed by atoms with van der Waals surface area (Å²) in [6.45, 7) is 2.96. The maximum Gasteiger partial charge on any atom is 0.224 e. The molecule has 0 spiro atoms. The van der Waals surface area contributed by atoms with Gasteiger partial charge in [-0.2, -0.15) is 11.8 Å². The van der Waals surface area contributed by atoms with E-state index in [1.165, 1.54) is 4.31 Å². The summed E-state index contributed by atoms with van der Waals surface area (Å²) in [6.07, 6.45) is 0. The molecular formula is C16H26ClN3O3S2. The molecule has 1 aliphatic rings. The molecule has 1 aliphatic heterocycles. The molecule has 1 aromatic carbocycles. The quantitative estimate of drug-likeness (QED) is 0.709. The fraction of sp³-hybridized carbons (Fsp3) is 0.562. The van der Waals surface area contributed by atoms with E-state index in [0.29, 0.717) is 13.1 Å². The lowest BCUT2D eigenvalue weighted by Crippen LogP contribution is -2.43. The van der Waals surface area contributed by atoms with Crippen LogP contribution in [0.2, 0.25) is 0 Å². The van der Waals surface area contributed by atoms with Crippen LogP contribution in [-0.2, 0) is 14.8 Å². The normalized spacial score (nSPS) is 18.0. The summed E-state index contributed by atoms with van der Waals surface area (Å²) in [4.78, 5) is 12.2. The van der Waals surface area contributed by atoms with Gasteiger partial charge >= 0.3 is 0 Å². The van der Waals surface area contributed by atoms with Crippen LogP contribution < -0.4 is 11.1 Å². The Morgan fingerprint density at radius 3 is 2.48 bits per heavy atom. The zero-order valence-corrected chi connectivity index (χ0v) is 16.7. The molecule has 25 heavy (non-hydrogen) atoms. The van der Waals surface area contributed by atoms with Gasteiger partial charge in [-0.25, -0.2) is 12.7 Å². The second-order valence-electron chi connectivity index (χ2n) is 5.84. The first-order valence-corrected chi connectivity index (χ1v) is 10.8. The van der Waals surface area contributed by atoms with Crippen molar-refractivity contribution >= 4 is 40.1 Å². The van der Waals surface area contributed by atoms with E-state index in [2.05, 4.69) is 5.32 Å². The highest BCUT2D eigenvalue weighted by Gasteiger charge is 2.25. The number of benzene rings is 1. The first-order valence-electron chi connectivity index (χ1n) is 8.05. The van der Waals surface area contributed by atoms with E-state index in [4.69, 9.17) is 5.73 Å². The number of halogens is 1. The van der Waals surface area contributed by atoms with E-state index < -0.39 is 22.0 Å². The number of sulfonamides is 1. The van der Waals surface area contributed by atoms with Gasteiger partial charge in [-0.15, -0.1) is 12.4 Å². The molecule has 1 saturated heterocycles. The molecule has 0 radical (unpaired) electrons. The van der Waals surface area contributed by atoms with Crippen molar-refractivity contribution in [3.05, 3.63) is 35.9 Å². The number of carbonyl (C=O) groups excluding carboxylic acids is 1. The Bertz CT molecular complexity index is 637. The minimum absolute atomic E-state index is 0. The van der Waals surface area contributed by atoms with Gasteiger partial charge in [0.1, 0.15) is 0 Å². The summed E-state index contributed by atoms with van der Waals surface area (Å²) in [5.74, 6) is 0.928. The zero-order valence-electron chi connectivity index (χ0n) is 14.3. The smallest absolute Gasteiger partial charge is 0.224 e. The van der Waals surface area contributed by atoms with E-state index in [1.807, 2.05) is 30.3 Å². The average Bonchev–Trinajstić information content (AvgIpc) is 2.61. The van der Waals surface area contributed by atoms with E-state index in [0.717, 1.165) is 17.1 Å². The van der Waals surface area contributed by atoms with Crippen LogP contribution >= 0.6 is 24.2 Å². The summed E-state index contributed by atoms with van der Waals surface area (Å²) in [5, 5.41) is 2.70. The average molecular weight is 408 g/mol. The highest BCUT2D eigenvalue weighted by Crippen LogP contribution is 2.19. The van der Waals surface area contributed by atoms with E-state index in [-0.39, 0.29) is 30.6 Å². The largest absolute Gasteiger partial charge is 0.355 e. The van der Waals surface area contributed by atoms with Gasteiger partial charge in [-0.1, -0.05) is 37.3 Å². The molecule has 2 atom stereocenters. The molecule has 1 aromatic rings. The molecule has 3 N–H and O–H groups in total. The molecule has 0 bridgehead atoms. The predicted molar refractivity (Wildman–Crippen MR) is 105 cm³/mol. The third-order valence-corrected chi connectivity index (χ3v) is 6.97. The molecule has 2 unspecified atom stereocenters. The first kappa shape index (κ1) is 22.2. The molecule has 0 saturated carbocycles. The van der Waals surface area contributed by atoms with E-state index in [9.17, 15) is 13.2 Å². The van der Waals surface area contributed by atoms with Gasteiger partial charge < -0.3 is 11.1 Å². The minimum Gasteiger partial charge on any atom is -0.355 e. The van der Waals surface area contributed by atoms with Gasteiger partial charge in [-0.05, 0) is 5.56 Å². The molecule has 9 heteroatoms. The van der Waals surface area contributed by atoms with Crippen molar-refractivity contribution in [3.63, 3.8) is 0 Å². The number of nitrogens with one attached hydrogen (secondary N) is 1. The fourth-order valence-corrected chi connectivity index (χ4v) is 5.04. The predicted octanol–water partition coefficient (Wildman–Crippen LogP) is 1.24. The summed E-state index contributed by atoms with van der Waals surface area (Å²) < 4.78 is 26.0. The fourth-order valence-electron chi connectivity index (χ4n) is 2.55. The highest BCUT2D eigenvalue weighted by atomic mass is 35.5. The van der Waals surface area contributed by atoms with E-state index in [1.54, 1.807) is 18.7 Å².